The Bertz CT molecular complexity index is 479. The molecule has 0 atom stereocenters. The predicted octanol–water partition coefficient (Wildman–Crippen LogP) is 2.09. The van der Waals surface area contributed by atoms with Crippen LogP contribution in [0.3, 0.4) is 0 Å². The van der Waals surface area contributed by atoms with E-state index in [2.05, 4.69) is 4.98 Å². The Morgan fingerprint density at radius 1 is 1.20 bits per heavy atom. The fourth-order valence-electron chi connectivity index (χ4n) is 1.32. The molecule has 1 heterocycles. The Kier molecular flexibility index (Phi) is 6.30. The number of rotatable bonds is 9. The number of ether oxygens (including phenoxy) is 2. The first-order chi connectivity index (χ1) is 9.56. The zero-order valence-corrected chi connectivity index (χ0v) is 11.0. The molecule has 110 valence electrons. The number of unbranched alkanes of at least 4 members (excludes halogenated alkanes) is 1. The molecule has 0 aliphatic rings. The molecular formula is C11H15N3O6. The van der Waals surface area contributed by atoms with Crippen LogP contribution in [0.5, 0.6) is 5.88 Å². The van der Waals surface area contributed by atoms with E-state index in [0.717, 1.165) is 25.1 Å². The summed E-state index contributed by atoms with van der Waals surface area (Å²) < 4.78 is 10.3. The third kappa shape index (κ3) is 4.76. The van der Waals surface area contributed by atoms with Crippen molar-refractivity contribution in [2.75, 3.05) is 19.8 Å². The summed E-state index contributed by atoms with van der Waals surface area (Å²) in [4.78, 5) is 23.4. The van der Waals surface area contributed by atoms with Gasteiger partial charge in [-0.15, -0.1) is 0 Å². The summed E-state index contributed by atoms with van der Waals surface area (Å²) in [6, 6.07) is 0.820. The van der Waals surface area contributed by atoms with Gasteiger partial charge in [-0.1, -0.05) is 13.3 Å². The van der Waals surface area contributed by atoms with E-state index in [9.17, 15) is 20.2 Å². The normalized spacial score (nSPS) is 10.2. The van der Waals surface area contributed by atoms with Crippen LogP contribution in [0.15, 0.2) is 12.3 Å². The second kappa shape index (κ2) is 8.00. The van der Waals surface area contributed by atoms with E-state index in [0.29, 0.717) is 6.61 Å². The Hall–Kier alpha value is -2.29. The average molecular weight is 285 g/mol. The van der Waals surface area contributed by atoms with Gasteiger partial charge in [0.05, 0.1) is 16.5 Å². The molecule has 9 nitrogen and oxygen atoms in total. The lowest BCUT2D eigenvalue weighted by atomic mass is 10.3. The SMILES string of the molecule is CCCCOCCOc1ncc([N+](=O)[O-])cc1[N+](=O)[O-]. The van der Waals surface area contributed by atoms with Crippen molar-refractivity contribution in [3.63, 3.8) is 0 Å². The lowest BCUT2D eigenvalue weighted by molar-refractivity contribution is -0.395. The van der Waals surface area contributed by atoms with E-state index >= 15 is 0 Å². The topological polar surface area (TPSA) is 118 Å². The minimum absolute atomic E-state index is 0.0926. The summed E-state index contributed by atoms with van der Waals surface area (Å²) in [5.41, 5.74) is -0.990. The molecular weight excluding hydrogens is 270 g/mol. The summed E-state index contributed by atoms with van der Waals surface area (Å²) in [5, 5.41) is 21.3. The van der Waals surface area contributed by atoms with Gasteiger partial charge < -0.3 is 9.47 Å². The van der Waals surface area contributed by atoms with Crippen LogP contribution in [0.4, 0.5) is 11.4 Å². The maximum atomic E-state index is 10.8. The summed E-state index contributed by atoms with van der Waals surface area (Å²) in [6.45, 7) is 2.99. The molecule has 0 N–H and O–H groups in total. The Labute approximate surface area is 114 Å². The van der Waals surface area contributed by atoms with Crippen molar-refractivity contribution < 1.29 is 19.3 Å². The molecule has 1 rings (SSSR count). The molecule has 20 heavy (non-hydrogen) atoms. The van der Waals surface area contributed by atoms with Gasteiger partial charge in [-0.05, 0) is 6.42 Å². The van der Waals surface area contributed by atoms with Crippen molar-refractivity contribution >= 4 is 11.4 Å². The fraction of sp³-hybridized carbons (Fsp3) is 0.545. The minimum atomic E-state index is -0.771. The van der Waals surface area contributed by atoms with Crippen molar-refractivity contribution in [2.45, 2.75) is 19.8 Å². The highest BCUT2D eigenvalue weighted by atomic mass is 16.6. The number of pyridine rings is 1. The summed E-state index contributed by atoms with van der Waals surface area (Å²) in [6.07, 6.45) is 2.85. The number of nitro groups is 2. The number of nitrogens with zero attached hydrogens (tertiary/aromatic N) is 3. The molecule has 1 aromatic rings. The zero-order chi connectivity index (χ0) is 15.0. The fourth-order valence-corrected chi connectivity index (χ4v) is 1.32. The highest BCUT2D eigenvalue weighted by molar-refractivity contribution is 5.48. The van der Waals surface area contributed by atoms with Gasteiger partial charge >= 0.3 is 5.69 Å². The number of hydrogen-bond acceptors (Lipinski definition) is 7. The van der Waals surface area contributed by atoms with Crippen molar-refractivity contribution in [1.29, 1.82) is 0 Å². The number of hydrogen-bond donors (Lipinski definition) is 0. The van der Waals surface area contributed by atoms with E-state index in [-0.39, 0.29) is 19.1 Å². The molecule has 0 aliphatic carbocycles. The molecule has 0 amide bonds. The molecule has 0 spiro atoms. The molecule has 0 radical (unpaired) electrons. The molecule has 0 bridgehead atoms. The standard InChI is InChI=1S/C11H15N3O6/c1-2-3-4-19-5-6-20-11-10(14(17)18)7-9(8-12-11)13(15)16/h7-8H,2-6H2,1H3. The minimum Gasteiger partial charge on any atom is -0.470 e. The Balaban J connectivity index is 2.60. The van der Waals surface area contributed by atoms with Crippen LogP contribution in [0.1, 0.15) is 19.8 Å². The smallest absolute Gasteiger partial charge is 0.337 e. The third-order valence-corrected chi connectivity index (χ3v) is 2.33. The number of aromatic nitrogens is 1. The molecule has 0 aliphatic heterocycles. The lowest BCUT2D eigenvalue weighted by Crippen LogP contribution is -2.09. The molecule has 0 aromatic carbocycles. The van der Waals surface area contributed by atoms with Gasteiger partial charge in [0, 0.05) is 6.61 Å². The zero-order valence-electron chi connectivity index (χ0n) is 11.0. The second-order valence-electron chi connectivity index (χ2n) is 3.85. The Morgan fingerprint density at radius 3 is 2.55 bits per heavy atom. The van der Waals surface area contributed by atoms with Crippen molar-refractivity contribution in [3.05, 3.63) is 32.5 Å². The summed E-state index contributed by atoms with van der Waals surface area (Å²) in [7, 11) is 0. The second-order valence-corrected chi connectivity index (χ2v) is 3.85. The van der Waals surface area contributed by atoms with Gasteiger partial charge in [-0.25, -0.2) is 4.98 Å². The van der Waals surface area contributed by atoms with Crippen molar-refractivity contribution in [3.8, 4) is 5.88 Å². The van der Waals surface area contributed by atoms with Crippen LogP contribution in [0.2, 0.25) is 0 Å². The quantitative estimate of drug-likeness (QED) is 0.387. The predicted molar refractivity (Wildman–Crippen MR) is 68.8 cm³/mol. The van der Waals surface area contributed by atoms with Gasteiger partial charge in [0.2, 0.25) is 0 Å². The first kappa shape index (κ1) is 15.8. The van der Waals surface area contributed by atoms with Gasteiger partial charge in [0.1, 0.15) is 18.9 Å². The van der Waals surface area contributed by atoms with Crippen LogP contribution in [-0.2, 0) is 4.74 Å². The first-order valence-corrected chi connectivity index (χ1v) is 6.05. The van der Waals surface area contributed by atoms with Gasteiger partial charge in [-0.3, -0.25) is 20.2 Å². The largest absolute Gasteiger partial charge is 0.470 e. The van der Waals surface area contributed by atoms with E-state index < -0.39 is 21.2 Å². The third-order valence-electron chi connectivity index (χ3n) is 2.33. The van der Waals surface area contributed by atoms with Gasteiger partial charge in [-0.2, -0.15) is 0 Å². The highest BCUT2D eigenvalue weighted by Crippen LogP contribution is 2.27. The summed E-state index contributed by atoms with van der Waals surface area (Å²) in [5.74, 6) is -0.250. The van der Waals surface area contributed by atoms with Crippen molar-refractivity contribution in [2.24, 2.45) is 0 Å². The van der Waals surface area contributed by atoms with E-state index in [1.807, 2.05) is 6.92 Å². The van der Waals surface area contributed by atoms with Crippen LogP contribution in [0.25, 0.3) is 0 Å². The van der Waals surface area contributed by atoms with Crippen LogP contribution >= 0.6 is 0 Å². The van der Waals surface area contributed by atoms with E-state index in [1.54, 1.807) is 0 Å². The van der Waals surface area contributed by atoms with Crippen LogP contribution in [0, 0.1) is 20.2 Å². The summed E-state index contributed by atoms with van der Waals surface area (Å²) >= 11 is 0. The van der Waals surface area contributed by atoms with Crippen molar-refractivity contribution in [1.82, 2.24) is 4.98 Å². The average Bonchev–Trinajstić information content (AvgIpc) is 2.42. The molecule has 0 saturated heterocycles. The van der Waals surface area contributed by atoms with E-state index in [1.165, 1.54) is 0 Å². The Morgan fingerprint density at radius 2 is 1.95 bits per heavy atom. The molecule has 1 aromatic heterocycles. The first-order valence-electron chi connectivity index (χ1n) is 6.05. The molecule has 0 unspecified atom stereocenters. The molecule has 0 fully saturated rings. The van der Waals surface area contributed by atoms with Crippen LogP contribution < -0.4 is 4.74 Å². The lowest BCUT2D eigenvalue weighted by Gasteiger charge is -2.06. The highest BCUT2D eigenvalue weighted by Gasteiger charge is 2.22. The van der Waals surface area contributed by atoms with E-state index in [4.69, 9.17) is 9.47 Å². The molecule has 0 saturated carbocycles. The maximum absolute atomic E-state index is 10.8. The van der Waals surface area contributed by atoms with Gasteiger partial charge in [0.25, 0.3) is 11.6 Å². The van der Waals surface area contributed by atoms with Gasteiger partial charge in [0.15, 0.2) is 0 Å². The maximum Gasteiger partial charge on any atom is 0.337 e. The molecule has 9 heteroatoms. The monoisotopic (exact) mass is 285 g/mol. The van der Waals surface area contributed by atoms with Crippen LogP contribution in [-0.4, -0.2) is 34.7 Å².